The van der Waals surface area contributed by atoms with E-state index in [9.17, 15) is 9.59 Å². The van der Waals surface area contributed by atoms with Gasteiger partial charge in [-0.05, 0) is 36.6 Å². The first-order valence-electron chi connectivity index (χ1n) is 8.23. The Morgan fingerprint density at radius 2 is 1.88 bits per heavy atom. The minimum absolute atomic E-state index is 0.0588. The van der Waals surface area contributed by atoms with Crippen molar-refractivity contribution in [3.63, 3.8) is 0 Å². The molecule has 4 heteroatoms. The summed E-state index contributed by atoms with van der Waals surface area (Å²) in [6.45, 7) is 2.84. The lowest BCUT2D eigenvalue weighted by Gasteiger charge is -2.25. The summed E-state index contributed by atoms with van der Waals surface area (Å²) in [6.07, 6.45) is 1.21. The number of rotatable bonds is 4. The number of carboxylic acid groups (broad SMARTS) is 1. The molecule has 24 heavy (non-hydrogen) atoms. The van der Waals surface area contributed by atoms with Crippen LogP contribution >= 0.6 is 0 Å². The van der Waals surface area contributed by atoms with Gasteiger partial charge in [0, 0.05) is 18.5 Å². The second-order valence-electron chi connectivity index (χ2n) is 6.32. The molecule has 1 amide bonds. The van der Waals surface area contributed by atoms with Crippen LogP contribution < -0.4 is 0 Å². The van der Waals surface area contributed by atoms with Crippen LogP contribution in [0.2, 0.25) is 0 Å². The van der Waals surface area contributed by atoms with Gasteiger partial charge in [-0.2, -0.15) is 0 Å². The number of hydrogen-bond donors (Lipinski definition) is 1. The molecule has 1 N–H and O–H groups in total. The normalized spacial score (nSPS) is 20.1. The Hall–Kier alpha value is -2.62. The van der Waals surface area contributed by atoms with Crippen molar-refractivity contribution in [2.45, 2.75) is 31.7 Å². The van der Waals surface area contributed by atoms with Crippen molar-refractivity contribution in [1.29, 1.82) is 0 Å². The van der Waals surface area contributed by atoms with Gasteiger partial charge in [0.2, 0.25) is 5.91 Å². The Morgan fingerprint density at radius 1 is 1.12 bits per heavy atom. The number of carbonyl (C=O) groups excluding carboxylic acids is 1. The van der Waals surface area contributed by atoms with Gasteiger partial charge < -0.3 is 10.0 Å². The van der Waals surface area contributed by atoms with E-state index in [1.54, 1.807) is 24.3 Å². The largest absolute Gasteiger partial charge is 0.478 e. The first kappa shape index (κ1) is 16.2. The predicted molar refractivity (Wildman–Crippen MR) is 92.1 cm³/mol. The zero-order chi connectivity index (χ0) is 17.1. The molecule has 3 rings (SSSR count). The highest BCUT2D eigenvalue weighted by atomic mass is 16.4. The van der Waals surface area contributed by atoms with Crippen LogP contribution in [-0.4, -0.2) is 34.5 Å². The molecule has 0 bridgehead atoms. The van der Waals surface area contributed by atoms with Crippen LogP contribution in [0.1, 0.15) is 40.7 Å². The molecular formula is C20H21NO3. The van der Waals surface area contributed by atoms with Crippen molar-refractivity contribution < 1.29 is 14.7 Å². The minimum Gasteiger partial charge on any atom is -0.478 e. The third-order valence-electron chi connectivity index (χ3n) is 4.83. The molecule has 2 unspecified atom stereocenters. The molecule has 1 fully saturated rings. The highest BCUT2D eigenvalue weighted by Crippen LogP contribution is 2.33. The van der Waals surface area contributed by atoms with E-state index in [-0.39, 0.29) is 23.9 Å². The second kappa shape index (κ2) is 6.87. The summed E-state index contributed by atoms with van der Waals surface area (Å²) < 4.78 is 0. The molecule has 1 heterocycles. The van der Waals surface area contributed by atoms with Crippen molar-refractivity contribution in [2.24, 2.45) is 0 Å². The van der Waals surface area contributed by atoms with Gasteiger partial charge in [0.25, 0.3) is 0 Å². The van der Waals surface area contributed by atoms with Crippen molar-refractivity contribution in [1.82, 2.24) is 4.90 Å². The lowest BCUT2D eigenvalue weighted by molar-refractivity contribution is -0.131. The number of aromatic carboxylic acids is 1. The third-order valence-corrected chi connectivity index (χ3v) is 4.83. The van der Waals surface area contributed by atoms with E-state index in [0.29, 0.717) is 5.92 Å². The molecule has 1 saturated heterocycles. The number of benzene rings is 2. The summed E-state index contributed by atoms with van der Waals surface area (Å²) in [6, 6.07) is 17.1. The van der Waals surface area contributed by atoms with Crippen LogP contribution in [-0.2, 0) is 11.2 Å². The summed E-state index contributed by atoms with van der Waals surface area (Å²) in [7, 11) is 0. The average molecular weight is 323 g/mol. The summed E-state index contributed by atoms with van der Waals surface area (Å²) in [5.41, 5.74) is 2.24. The fraction of sp³-hybridized carbons (Fsp3) is 0.300. The monoisotopic (exact) mass is 323 g/mol. The van der Waals surface area contributed by atoms with Crippen LogP contribution in [0.25, 0.3) is 0 Å². The number of hydrogen-bond acceptors (Lipinski definition) is 2. The molecule has 0 aliphatic carbocycles. The maximum atomic E-state index is 12.7. The SMILES string of the molecule is CC1C(c2ccccc2)CCN1C(=O)Cc1cccc(C(=O)O)c1. The number of likely N-dealkylation sites (tertiary alicyclic amines) is 1. The van der Waals surface area contributed by atoms with E-state index in [0.717, 1.165) is 18.5 Å². The van der Waals surface area contributed by atoms with Crippen molar-refractivity contribution in [2.75, 3.05) is 6.54 Å². The molecule has 1 aliphatic rings. The molecule has 0 radical (unpaired) electrons. The molecule has 2 atom stereocenters. The standard InChI is InChI=1S/C20H21NO3/c1-14-18(16-7-3-2-4-8-16)10-11-21(14)19(22)13-15-6-5-9-17(12-15)20(23)24/h2-9,12,14,18H,10-11,13H2,1H3,(H,23,24). The molecular weight excluding hydrogens is 302 g/mol. The van der Waals surface area contributed by atoms with Crippen LogP contribution in [0.15, 0.2) is 54.6 Å². The Labute approximate surface area is 141 Å². The van der Waals surface area contributed by atoms with E-state index in [2.05, 4.69) is 19.1 Å². The number of nitrogens with zero attached hydrogens (tertiary/aromatic N) is 1. The Morgan fingerprint density at radius 3 is 2.58 bits per heavy atom. The molecule has 2 aromatic rings. The smallest absolute Gasteiger partial charge is 0.335 e. The van der Waals surface area contributed by atoms with Gasteiger partial charge in [0.1, 0.15) is 0 Å². The zero-order valence-corrected chi connectivity index (χ0v) is 13.7. The number of amides is 1. The quantitative estimate of drug-likeness (QED) is 0.939. The summed E-state index contributed by atoms with van der Waals surface area (Å²) in [4.78, 5) is 25.6. The van der Waals surface area contributed by atoms with Crippen LogP contribution in [0.4, 0.5) is 0 Å². The number of carbonyl (C=O) groups is 2. The predicted octanol–water partition coefficient (Wildman–Crippen LogP) is 3.33. The van der Waals surface area contributed by atoms with Crippen LogP contribution in [0, 0.1) is 0 Å². The summed E-state index contributed by atoms with van der Waals surface area (Å²) in [5, 5.41) is 9.06. The molecule has 0 saturated carbocycles. The van der Waals surface area contributed by atoms with Crippen LogP contribution in [0.3, 0.4) is 0 Å². The third kappa shape index (κ3) is 3.32. The first-order valence-corrected chi connectivity index (χ1v) is 8.23. The van der Waals surface area contributed by atoms with E-state index in [1.807, 2.05) is 23.1 Å². The van der Waals surface area contributed by atoms with Gasteiger partial charge in [-0.15, -0.1) is 0 Å². The van der Waals surface area contributed by atoms with Crippen molar-refractivity contribution in [3.8, 4) is 0 Å². The molecule has 124 valence electrons. The van der Waals surface area contributed by atoms with E-state index < -0.39 is 5.97 Å². The van der Waals surface area contributed by atoms with Gasteiger partial charge in [0.05, 0.1) is 12.0 Å². The minimum atomic E-state index is -0.969. The van der Waals surface area contributed by atoms with E-state index >= 15 is 0 Å². The fourth-order valence-electron chi connectivity index (χ4n) is 3.53. The van der Waals surface area contributed by atoms with Crippen molar-refractivity contribution in [3.05, 3.63) is 71.3 Å². The second-order valence-corrected chi connectivity index (χ2v) is 6.32. The summed E-state index contributed by atoms with van der Waals surface area (Å²) >= 11 is 0. The molecule has 0 spiro atoms. The fourth-order valence-corrected chi connectivity index (χ4v) is 3.53. The van der Waals surface area contributed by atoms with E-state index in [4.69, 9.17) is 5.11 Å². The number of carboxylic acids is 1. The van der Waals surface area contributed by atoms with Crippen LogP contribution in [0.5, 0.6) is 0 Å². The highest BCUT2D eigenvalue weighted by Gasteiger charge is 2.34. The Balaban J connectivity index is 1.70. The molecule has 1 aliphatic heterocycles. The Bertz CT molecular complexity index is 742. The van der Waals surface area contributed by atoms with Gasteiger partial charge in [0.15, 0.2) is 0 Å². The first-order chi connectivity index (χ1) is 11.6. The maximum Gasteiger partial charge on any atom is 0.335 e. The average Bonchev–Trinajstić information content (AvgIpc) is 2.97. The molecule has 0 aromatic heterocycles. The Kier molecular flexibility index (Phi) is 4.65. The maximum absolute atomic E-state index is 12.7. The highest BCUT2D eigenvalue weighted by molar-refractivity contribution is 5.88. The summed E-state index contributed by atoms with van der Waals surface area (Å²) in [5.74, 6) is -0.549. The van der Waals surface area contributed by atoms with Gasteiger partial charge >= 0.3 is 5.97 Å². The topological polar surface area (TPSA) is 57.6 Å². The van der Waals surface area contributed by atoms with Gasteiger partial charge in [-0.3, -0.25) is 4.79 Å². The van der Waals surface area contributed by atoms with E-state index in [1.165, 1.54) is 5.56 Å². The van der Waals surface area contributed by atoms with Gasteiger partial charge in [-0.1, -0.05) is 42.5 Å². The lowest BCUT2D eigenvalue weighted by atomic mass is 9.93. The molecule has 4 nitrogen and oxygen atoms in total. The zero-order valence-electron chi connectivity index (χ0n) is 13.7. The molecule has 2 aromatic carbocycles. The van der Waals surface area contributed by atoms with Crippen molar-refractivity contribution >= 4 is 11.9 Å². The van der Waals surface area contributed by atoms with Gasteiger partial charge in [-0.25, -0.2) is 4.79 Å². The lowest BCUT2D eigenvalue weighted by Crippen LogP contribution is -2.36.